The first-order valence-corrected chi connectivity index (χ1v) is 9.41. The van der Waals surface area contributed by atoms with Crippen molar-refractivity contribution in [2.75, 3.05) is 13.1 Å². The van der Waals surface area contributed by atoms with E-state index in [0.717, 1.165) is 11.1 Å². The summed E-state index contributed by atoms with van der Waals surface area (Å²) in [6.45, 7) is 1.09. The molecule has 2 aromatic rings. The summed E-state index contributed by atoms with van der Waals surface area (Å²) in [6.07, 6.45) is 2.05. The Morgan fingerprint density at radius 1 is 1.19 bits per heavy atom. The molecule has 2 aromatic carbocycles. The summed E-state index contributed by atoms with van der Waals surface area (Å²) in [5.41, 5.74) is 1.80. The highest BCUT2D eigenvalue weighted by atomic mass is 35.5. The zero-order valence-corrected chi connectivity index (χ0v) is 15.5. The molecule has 1 spiro atoms. The number of nitrogens with zero attached hydrogens (tertiary/aromatic N) is 1. The quantitative estimate of drug-likeness (QED) is 0.745. The number of aryl methyl sites for hydroxylation is 1. The van der Waals surface area contributed by atoms with Gasteiger partial charge in [0, 0.05) is 37.9 Å². The fourth-order valence-corrected chi connectivity index (χ4v) is 4.14. The second kappa shape index (κ2) is 6.97. The second-order valence-electron chi connectivity index (χ2n) is 7.06. The molecule has 140 valence electrons. The number of carbonyl (C=O) groups is 2. The van der Waals surface area contributed by atoms with Gasteiger partial charge in [-0.15, -0.1) is 0 Å². The van der Waals surface area contributed by atoms with E-state index in [9.17, 15) is 14.0 Å². The Kier molecular flexibility index (Phi) is 4.64. The largest absolute Gasteiger partial charge is 0.450 e. The van der Waals surface area contributed by atoms with Crippen LogP contribution in [0.5, 0.6) is 0 Å². The number of carbonyl (C=O) groups excluding carboxylic acids is 2. The van der Waals surface area contributed by atoms with E-state index in [4.69, 9.17) is 16.3 Å². The average Bonchev–Trinajstić information content (AvgIpc) is 2.95. The van der Waals surface area contributed by atoms with Crippen LogP contribution in [0.25, 0.3) is 0 Å². The summed E-state index contributed by atoms with van der Waals surface area (Å²) in [7, 11) is 0. The number of hydrogen-bond donors (Lipinski definition) is 0. The normalized spacial score (nSPS) is 17.7. The summed E-state index contributed by atoms with van der Waals surface area (Å²) in [5, 5.41) is 0.0709. The lowest BCUT2D eigenvalue weighted by Crippen LogP contribution is -2.45. The Labute approximate surface area is 161 Å². The minimum Gasteiger partial charge on any atom is -0.450 e. The Morgan fingerprint density at radius 3 is 2.67 bits per heavy atom. The van der Waals surface area contributed by atoms with Crippen molar-refractivity contribution in [1.82, 2.24) is 4.90 Å². The summed E-state index contributed by atoms with van der Waals surface area (Å²) in [4.78, 5) is 26.5. The lowest BCUT2D eigenvalue weighted by molar-refractivity contribution is -0.135. The lowest BCUT2D eigenvalue weighted by Gasteiger charge is -2.38. The van der Waals surface area contributed by atoms with Gasteiger partial charge in [0.2, 0.25) is 5.91 Å². The highest BCUT2D eigenvalue weighted by Gasteiger charge is 2.47. The molecule has 4 nitrogen and oxygen atoms in total. The van der Waals surface area contributed by atoms with E-state index < -0.39 is 11.4 Å². The van der Waals surface area contributed by atoms with Crippen LogP contribution >= 0.6 is 11.6 Å². The monoisotopic (exact) mass is 387 g/mol. The summed E-state index contributed by atoms with van der Waals surface area (Å²) in [5.74, 6) is -0.694. The number of amides is 1. The summed E-state index contributed by atoms with van der Waals surface area (Å²) < 4.78 is 18.9. The zero-order chi connectivity index (χ0) is 19.0. The Balaban J connectivity index is 1.37. The molecule has 1 saturated heterocycles. The number of piperidine rings is 1. The first-order valence-electron chi connectivity index (χ1n) is 9.03. The molecule has 2 aliphatic rings. The van der Waals surface area contributed by atoms with E-state index in [0.29, 0.717) is 44.3 Å². The van der Waals surface area contributed by atoms with Gasteiger partial charge in [-0.2, -0.15) is 0 Å². The third-order valence-electron chi connectivity index (χ3n) is 5.46. The first kappa shape index (κ1) is 18.0. The predicted octanol–water partition coefficient (Wildman–Crippen LogP) is 4.10. The molecule has 1 fully saturated rings. The average molecular weight is 388 g/mol. The van der Waals surface area contributed by atoms with Crippen molar-refractivity contribution >= 4 is 23.5 Å². The van der Waals surface area contributed by atoms with Crippen LogP contribution in [0.2, 0.25) is 5.02 Å². The van der Waals surface area contributed by atoms with Crippen LogP contribution in [0.15, 0.2) is 42.5 Å². The number of benzene rings is 2. The maximum atomic E-state index is 13.2. The van der Waals surface area contributed by atoms with E-state index in [2.05, 4.69) is 0 Å². The van der Waals surface area contributed by atoms with E-state index >= 15 is 0 Å². The van der Waals surface area contributed by atoms with E-state index in [1.54, 1.807) is 18.2 Å². The lowest BCUT2D eigenvalue weighted by atomic mass is 9.83. The molecular formula is C21H19ClFNO3. The first-order chi connectivity index (χ1) is 13.0. The summed E-state index contributed by atoms with van der Waals surface area (Å²) >= 11 is 5.79. The van der Waals surface area contributed by atoms with Crippen molar-refractivity contribution in [2.24, 2.45) is 0 Å². The molecule has 2 heterocycles. The molecule has 0 saturated carbocycles. The van der Waals surface area contributed by atoms with Gasteiger partial charge < -0.3 is 9.64 Å². The molecule has 0 atom stereocenters. The predicted molar refractivity (Wildman–Crippen MR) is 99.1 cm³/mol. The zero-order valence-electron chi connectivity index (χ0n) is 14.7. The molecule has 0 N–H and O–H groups in total. The van der Waals surface area contributed by atoms with Crippen LogP contribution in [-0.4, -0.2) is 29.9 Å². The molecule has 0 aromatic heterocycles. The van der Waals surface area contributed by atoms with Gasteiger partial charge in [0.1, 0.15) is 11.4 Å². The van der Waals surface area contributed by atoms with Gasteiger partial charge in [0.05, 0.1) is 10.6 Å². The number of esters is 1. The molecular weight excluding hydrogens is 369 g/mol. The van der Waals surface area contributed by atoms with Crippen molar-refractivity contribution in [3.63, 3.8) is 0 Å². The van der Waals surface area contributed by atoms with Crippen molar-refractivity contribution in [3.05, 3.63) is 70.0 Å². The number of rotatable bonds is 3. The molecule has 6 heteroatoms. The van der Waals surface area contributed by atoms with E-state index in [-0.39, 0.29) is 16.9 Å². The smallest absolute Gasteiger partial charge is 0.339 e. The van der Waals surface area contributed by atoms with Crippen LogP contribution in [0.4, 0.5) is 4.39 Å². The molecule has 0 unspecified atom stereocenters. The van der Waals surface area contributed by atoms with Crippen molar-refractivity contribution in [2.45, 2.75) is 31.3 Å². The van der Waals surface area contributed by atoms with Gasteiger partial charge in [-0.3, -0.25) is 4.79 Å². The molecule has 0 bridgehead atoms. The Bertz CT molecular complexity index is 906. The van der Waals surface area contributed by atoms with Gasteiger partial charge in [-0.1, -0.05) is 35.9 Å². The van der Waals surface area contributed by atoms with Crippen LogP contribution in [0.3, 0.4) is 0 Å². The van der Waals surface area contributed by atoms with E-state index in [1.807, 2.05) is 23.1 Å². The minimum atomic E-state index is -0.602. The van der Waals surface area contributed by atoms with Crippen LogP contribution < -0.4 is 0 Å². The third-order valence-corrected chi connectivity index (χ3v) is 5.75. The molecule has 27 heavy (non-hydrogen) atoms. The number of fused-ring (bicyclic) bond motifs is 2. The van der Waals surface area contributed by atoms with Gasteiger partial charge in [0.25, 0.3) is 0 Å². The molecule has 1 amide bonds. The summed E-state index contributed by atoms with van der Waals surface area (Å²) in [6, 6.07) is 12.0. The highest BCUT2D eigenvalue weighted by molar-refractivity contribution is 6.30. The number of hydrogen-bond acceptors (Lipinski definition) is 3. The fraction of sp³-hybridized carbons (Fsp3) is 0.333. The van der Waals surface area contributed by atoms with Gasteiger partial charge >= 0.3 is 5.97 Å². The molecule has 0 radical (unpaired) electrons. The number of ether oxygens (including phenoxy) is 1. The maximum Gasteiger partial charge on any atom is 0.339 e. The highest BCUT2D eigenvalue weighted by Crippen LogP contribution is 2.44. The van der Waals surface area contributed by atoms with Crippen molar-refractivity contribution in [1.29, 1.82) is 0 Å². The third kappa shape index (κ3) is 3.32. The fourth-order valence-electron chi connectivity index (χ4n) is 3.94. The van der Waals surface area contributed by atoms with Gasteiger partial charge in [-0.25, -0.2) is 9.18 Å². The topological polar surface area (TPSA) is 46.6 Å². The molecule has 2 aliphatic heterocycles. The number of halogens is 2. The van der Waals surface area contributed by atoms with Gasteiger partial charge in [0.15, 0.2) is 0 Å². The maximum absolute atomic E-state index is 13.2. The molecule has 4 rings (SSSR count). The van der Waals surface area contributed by atoms with Crippen molar-refractivity contribution in [3.8, 4) is 0 Å². The minimum absolute atomic E-state index is 0.0444. The standard InChI is InChI=1S/C21H19ClFNO3/c22-17-13-14(5-7-18(17)23)6-8-19(25)24-11-9-21(10-12-24)16-4-2-1-3-15(16)20(26)27-21/h1-5,7,13H,6,8-12H2. The number of likely N-dealkylation sites (tertiary alicyclic amines) is 1. The van der Waals surface area contributed by atoms with Crippen LogP contribution in [0, 0.1) is 5.82 Å². The second-order valence-corrected chi connectivity index (χ2v) is 7.47. The van der Waals surface area contributed by atoms with Gasteiger partial charge in [-0.05, 0) is 30.2 Å². The van der Waals surface area contributed by atoms with Crippen LogP contribution in [0.1, 0.15) is 40.7 Å². The van der Waals surface area contributed by atoms with E-state index in [1.165, 1.54) is 6.07 Å². The van der Waals surface area contributed by atoms with Crippen LogP contribution in [-0.2, 0) is 21.6 Å². The van der Waals surface area contributed by atoms with Crippen molar-refractivity contribution < 1.29 is 18.7 Å². The SMILES string of the molecule is O=C1OC2(CCN(C(=O)CCc3ccc(F)c(Cl)c3)CC2)c2ccccc21. The Morgan fingerprint density at radius 2 is 1.93 bits per heavy atom. The molecule has 0 aliphatic carbocycles. The Hall–Kier alpha value is -2.40.